The molecule has 0 aromatic carbocycles. The molecule has 0 saturated heterocycles. The highest BCUT2D eigenvalue weighted by Crippen LogP contribution is 1.97. The van der Waals surface area contributed by atoms with Gasteiger partial charge in [-0.1, -0.05) is 0 Å². The van der Waals surface area contributed by atoms with Crippen molar-refractivity contribution >= 4 is 5.97 Å². The van der Waals surface area contributed by atoms with E-state index in [9.17, 15) is 4.79 Å². The minimum atomic E-state index is -0.973. The van der Waals surface area contributed by atoms with Crippen molar-refractivity contribution in [2.45, 2.75) is 12.5 Å². The molecule has 1 heterocycles. The molecule has 0 aliphatic carbocycles. The number of aromatic nitrogens is 1. The van der Waals surface area contributed by atoms with E-state index in [1.165, 1.54) is 0 Å². The van der Waals surface area contributed by atoms with Gasteiger partial charge in [-0.05, 0) is 12.1 Å². The lowest BCUT2D eigenvalue weighted by Gasteiger charge is -2.02. The Morgan fingerprint density at radius 1 is 1.82 bits per heavy atom. The molecule has 4 nitrogen and oxygen atoms in total. The molecule has 0 radical (unpaired) electrons. The zero-order chi connectivity index (χ0) is 8.27. The molecular formula is C7H10N2O2. The normalized spacial score (nSPS) is 12.8. The van der Waals surface area contributed by atoms with Crippen LogP contribution in [0.3, 0.4) is 0 Å². The molecule has 0 amide bonds. The van der Waals surface area contributed by atoms with Crippen LogP contribution < -0.4 is 5.73 Å². The van der Waals surface area contributed by atoms with Crippen molar-refractivity contribution in [3.63, 3.8) is 0 Å². The lowest BCUT2D eigenvalue weighted by molar-refractivity contribution is -0.138. The van der Waals surface area contributed by atoms with Crippen molar-refractivity contribution in [1.29, 1.82) is 0 Å². The summed E-state index contributed by atoms with van der Waals surface area (Å²) in [5.41, 5.74) is 6.14. The molecule has 4 N–H and O–H groups in total. The maximum absolute atomic E-state index is 10.3. The molecule has 0 fully saturated rings. The molecule has 1 aromatic rings. The molecule has 0 aliphatic heterocycles. The monoisotopic (exact) mass is 154 g/mol. The fraction of sp³-hybridized carbons (Fsp3) is 0.286. The van der Waals surface area contributed by atoms with Crippen molar-refractivity contribution in [1.82, 2.24) is 4.98 Å². The Bertz CT molecular complexity index is 231. The van der Waals surface area contributed by atoms with Crippen LogP contribution in [0, 0.1) is 0 Å². The zero-order valence-electron chi connectivity index (χ0n) is 5.95. The van der Waals surface area contributed by atoms with E-state index in [2.05, 4.69) is 4.98 Å². The first-order chi connectivity index (χ1) is 5.20. The molecule has 1 aromatic heterocycles. The molecule has 11 heavy (non-hydrogen) atoms. The fourth-order valence-corrected chi connectivity index (χ4v) is 0.819. The number of nitrogens with two attached hydrogens (primary N) is 1. The predicted octanol–water partition coefficient (Wildman–Crippen LogP) is -0.0309. The summed E-state index contributed by atoms with van der Waals surface area (Å²) >= 11 is 0. The van der Waals surface area contributed by atoms with Crippen LogP contribution in [0.1, 0.15) is 5.69 Å². The number of hydrogen-bond acceptors (Lipinski definition) is 2. The zero-order valence-corrected chi connectivity index (χ0v) is 5.95. The Morgan fingerprint density at radius 2 is 2.55 bits per heavy atom. The Labute approximate surface area is 64.0 Å². The molecule has 0 spiro atoms. The van der Waals surface area contributed by atoms with Gasteiger partial charge >= 0.3 is 5.97 Å². The number of rotatable bonds is 3. The predicted molar refractivity (Wildman–Crippen MR) is 40.1 cm³/mol. The number of carbonyl (C=O) groups is 1. The lowest BCUT2D eigenvalue weighted by Crippen LogP contribution is -2.32. The second-order valence-corrected chi connectivity index (χ2v) is 2.34. The second kappa shape index (κ2) is 3.21. The summed E-state index contributed by atoms with van der Waals surface area (Å²) < 4.78 is 0. The second-order valence-electron chi connectivity index (χ2n) is 2.34. The van der Waals surface area contributed by atoms with E-state index in [0.29, 0.717) is 6.42 Å². The fourth-order valence-electron chi connectivity index (χ4n) is 0.819. The molecule has 0 saturated carbocycles. The average molecular weight is 154 g/mol. The van der Waals surface area contributed by atoms with E-state index in [-0.39, 0.29) is 0 Å². The largest absolute Gasteiger partial charge is 0.480 e. The van der Waals surface area contributed by atoms with Crippen LogP contribution in [0.4, 0.5) is 0 Å². The lowest BCUT2D eigenvalue weighted by atomic mass is 10.2. The third kappa shape index (κ3) is 2.09. The molecule has 0 unspecified atom stereocenters. The van der Waals surface area contributed by atoms with Crippen LogP contribution in [-0.4, -0.2) is 22.1 Å². The first-order valence-corrected chi connectivity index (χ1v) is 3.31. The smallest absolute Gasteiger partial charge is 0.320 e. The molecule has 4 heteroatoms. The topological polar surface area (TPSA) is 79.1 Å². The van der Waals surface area contributed by atoms with Crippen LogP contribution in [0.5, 0.6) is 0 Å². The summed E-state index contributed by atoms with van der Waals surface area (Å²) in [6.07, 6.45) is 2.09. The standard InChI is InChI=1S/C7H10N2O2/c8-6(7(10)11)4-5-2-1-3-9-5/h1-3,6,9H,4,8H2,(H,10,11)/t6-/m1/s1. The highest BCUT2D eigenvalue weighted by molar-refractivity contribution is 5.73. The van der Waals surface area contributed by atoms with Gasteiger partial charge < -0.3 is 15.8 Å². The maximum Gasteiger partial charge on any atom is 0.320 e. The molecular weight excluding hydrogens is 144 g/mol. The summed E-state index contributed by atoms with van der Waals surface area (Å²) in [4.78, 5) is 13.2. The van der Waals surface area contributed by atoms with Crippen molar-refractivity contribution < 1.29 is 9.90 Å². The quantitative estimate of drug-likeness (QED) is 0.572. The highest BCUT2D eigenvalue weighted by Gasteiger charge is 2.11. The summed E-state index contributed by atoms with van der Waals surface area (Å²) in [7, 11) is 0. The van der Waals surface area contributed by atoms with Crippen molar-refractivity contribution in [3.05, 3.63) is 24.0 Å². The van der Waals surface area contributed by atoms with Gasteiger partial charge in [0, 0.05) is 18.3 Å². The van der Waals surface area contributed by atoms with E-state index in [0.717, 1.165) is 5.69 Å². The molecule has 1 atom stereocenters. The first-order valence-electron chi connectivity index (χ1n) is 3.31. The van der Waals surface area contributed by atoms with Gasteiger partial charge in [0.1, 0.15) is 6.04 Å². The summed E-state index contributed by atoms with van der Waals surface area (Å²) in [5, 5.41) is 8.44. The summed E-state index contributed by atoms with van der Waals surface area (Å²) in [6.45, 7) is 0. The van der Waals surface area contributed by atoms with E-state index >= 15 is 0 Å². The Balaban J connectivity index is 2.50. The van der Waals surface area contributed by atoms with Gasteiger partial charge in [0.2, 0.25) is 0 Å². The third-order valence-corrected chi connectivity index (χ3v) is 1.42. The number of carboxylic acid groups (broad SMARTS) is 1. The van der Waals surface area contributed by atoms with Gasteiger partial charge in [-0.2, -0.15) is 0 Å². The first kappa shape index (κ1) is 7.81. The summed E-state index contributed by atoms with van der Waals surface area (Å²) in [5.74, 6) is -0.973. The number of aliphatic carboxylic acids is 1. The van der Waals surface area contributed by atoms with Gasteiger partial charge in [0.15, 0.2) is 0 Å². The van der Waals surface area contributed by atoms with E-state index in [1.54, 1.807) is 6.20 Å². The highest BCUT2D eigenvalue weighted by atomic mass is 16.4. The molecule has 0 bridgehead atoms. The van der Waals surface area contributed by atoms with Crippen molar-refractivity contribution in [2.24, 2.45) is 5.73 Å². The SMILES string of the molecule is N[C@H](Cc1ccc[nH]1)C(=O)O. The van der Waals surface area contributed by atoms with Crippen LogP contribution in [-0.2, 0) is 11.2 Å². The van der Waals surface area contributed by atoms with Gasteiger partial charge in [-0.3, -0.25) is 4.79 Å². The van der Waals surface area contributed by atoms with Gasteiger partial charge in [0.05, 0.1) is 0 Å². The number of aromatic amines is 1. The van der Waals surface area contributed by atoms with E-state index in [4.69, 9.17) is 10.8 Å². The summed E-state index contributed by atoms with van der Waals surface area (Å²) in [6, 6.07) is 2.81. The number of hydrogen-bond donors (Lipinski definition) is 3. The van der Waals surface area contributed by atoms with E-state index < -0.39 is 12.0 Å². The van der Waals surface area contributed by atoms with Gasteiger partial charge in [-0.25, -0.2) is 0 Å². The molecule has 1 rings (SSSR count). The van der Waals surface area contributed by atoms with Crippen molar-refractivity contribution in [2.75, 3.05) is 0 Å². The average Bonchev–Trinajstić information content (AvgIpc) is 2.39. The van der Waals surface area contributed by atoms with Crippen LogP contribution in [0.25, 0.3) is 0 Å². The Kier molecular flexibility index (Phi) is 2.28. The van der Waals surface area contributed by atoms with E-state index in [1.807, 2.05) is 12.1 Å². The maximum atomic E-state index is 10.3. The third-order valence-electron chi connectivity index (χ3n) is 1.42. The Morgan fingerprint density at radius 3 is 3.00 bits per heavy atom. The van der Waals surface area contributed by atoms with Crippen LogP contribution in [0.2, 0.25) is 0 Å². The number of nitrogens with one attached hydrogen (secondary N) is 1. The minimum Gasteiger partial charge on any atom is -0.480 e. The van der Waals surface area contributed by atoms with Gasteiger partial charge in [0.25, 0.3) is 0 Å². The van der Waals surface area contributed by atoms with Crippen molar-refractivity contribution in [3.8, 4) is 0 Å². The Hall–Kier alpha value is -1.29. The van der Waals surface area contributed by atoms with Crippen LogP contribution in [0.15, 0.2) is 18.3 Å². The number of H-pyrrole nitrogens is 1. The molecule has 0 aliphatic rings. The molecule has 60 valence electrons. The number of carboxylic acids is 1. The van der Waals surface area contributed by atoms with Crippen LogP contribution >= 0.6 is 0 Å². The van der Waals surface area contributed by atoms with Gasteiger partial charge in [-0.15, -0.1) is 0 Å². The minimum absolute atomic E-state index is 0.350.